The van der Waals surface area contributed by atoms with E-state index in [1.54, 1.807) is 0 Å². The Balaban J connectivity index is 2.25. The van der Waals surface area contributed by atoms with Crippen LogP contribution in [0.25, 0.3) is 0 Å². The monoisotopic (exact) mass is 255 g/mol. The summed E-state index contributed by atoms with van der Waals surface area (Å²) in [5, 5.41) is 13.1. The number of aryl methyl sites for hydroxylation is 2. The van der Waals surface area contributed by atoms with E-state index in [-0.39, 0.29) is 12.6 Å². The van der Waals surface area contributed by atoms with Crippen LogP contribution in [0.1, 0.15) is 29.7 Å². The Bertz CT molecular complexity index is 536. The number of rotatable bonds is 5. The normalized spacial score (nSPS) is 12.2. The van der Waals surface area contributed by atoms with Crippen molar-refractivity contribution in [2.24, 2.45) is 0 Å². The summed E-state index contributed by atoms with van der Waals surface area (Å²) in [5.41, 5.74) is 4.71. The largest absolute Gasteiger partial charge is 0.394 e. The first kappa shape index (κ1) is 13.6. The van der Waals surface area contributed by atoms with Crippen molar-refractivity contribution in [2.75, 3.05) is 11.9 Å². The fourth-order valence-corrected chi connectivity index (χ4v) is 2.35. The Morgan fingerprint density at radius 1 is 1.11 bits per heavy atom. The molecule has 1 atom stereocenters. The molecule has 0 radical (unpaired) electrons. The van der Waals surface area contributed by atoms with Crippen molar-refractivity contribution >= 4 is 5.69 Å². The average molecular weight is 255 g/mol. The molecule has 19 heavy (non-hydrogen) atoms. The number of nitrogens with one attached hydrogen (secondary N) is 1. The number of benzene rings is 2. The van der Waals surface area contributed by atoms with Crippen LogP contribution in [-0.2, 0) is 6.42 Å². The molecule has 2 aromatic rings. The second-order valence-corrected chi connectivity index (χ2v) is 4.80. The summed E-state index contributed by atoms with van der Waals surface area (Å²) in [7, 11) is 0. The van der Waals surface area contributed by atoms with Gasteiger partial charge in [-0.05, 0) is 42.2 Å². The summed E-state index contributed by atoms with van der Waals surface area (Å²) < 4.78 is 0. The first-order chi connectivity index (χ1) is 9.24. The predicted molar refractivity (Wildman–Crippen MR) is 80.4 cm³/mol. The molecule has 2 rings (SSSR count). The minimum Gasteiger partial charge on any atom is -0.394 e. The van der Waals surface area contributed by atoms with E-state index >= 15 is 0 Å². The smallest absolute Gasteiger partial charge is 0.0747 e. The molecule has 0 amide bonds. The minimum absolute atomic E-state index is 0.0575. The molecule has 0 aliphatic carbocycles. The van der Waals surface area contributed by atoms with Gasteiger partial charge in [0.05, 0.1) is 12.6 Å². The number of hydrogen-bond donors (Lipinski definition) is 2. The Hall–Kier alpha value is -1.80. The van der Waals surface area contributed by atoms with Crippen molar-refractivity contribution in [3.05, 3.63) is 65.2 Å². The maximum atomic E-state index is 9.67. The summed E-state index contributed by atoms with van der Waals surface area (Å²) in [6.07, 6.45) is 0.974. The standard InChI is InChI=1S/C17H21NO/c1-3-14-8-4-5-10-16(14)17(12-19)18-15-9-6-7-13(2)11-15/h4-11,17-19H,3,12H2,1-2H3. The van der Waals surface area contributed by atoms with Gasteiger partial charge in [-0.3, -0.25) is 0 Å². The van der Waals surface area contributed by atoms with E-state index in [1.807, 2.05) is 24.3 Å². The third-order valence-corrected chi connectivity index (χ3v) is 3.35. The summed E-state index contributed by atoms with van der Waals surface area (Å²) in [6.45, 7) is 4.30. The molecule has 0 spiro atoms. The molecule has 100 valence electrons. The third kappa shape index (κ3) is 3.36. The SMILES string of the molecule is CCc1ccccc1C(CO)Nc1cccc(C)c1. The second kappa shape index (κ2) is 6.39. The lowest BCUT2D eigenvalue weighted by molar-refractivity contribution is 0.276. The molecule has 0 aromatic heterocycles. The van der Waals surface area contributed by atoms with Crippen LogP contribution in [0.2, 0.25) is 0 Å². The molecule has 1 unspecified atom stereocenters. The molecule has 0 fully saturated rings. The van der Waals surface area contributed by atoms with Crippen molar-refractivity contribution in [1.29, 1.82) is 0 Å². The van der Waals surface area contributed by atoms with Gasteiger partial charge in [-0.15, -0.1) is 0 Å². The Morgan fingerprint density at radius 3 is 2.58 bits per heavy atom. The van der Waals surface area contributed by atoms with Gasteiger partial charge in [0.1, 0.15) is 0 Å². The van der Waals surface area contributed by atoms with Gasteiger partial charge in [0, 0.05) is 5.69 Å². The van der Waals surface area contributed by atoms with Crippen LogP contribution in [0, 0.1) is 6.92 Å². The molecule has 2 heteroatoms. The van der Waals surface area contributed by atoms with Gasteiger partial charge in [-0.2, -0.15) is 0 Å². The molecule has 0 saturated heterocycles. The molecular weight excluding hydrogens is 234 g/mol. The van der Waals surface area contributed by atoms with Gasteiger partial charge >= 0.3 is 0 Å². The van der Waals surface area contributed by atoms with E-state index in [0.717, 1.165) is 12.1 Å². The number of hydrogen-bond acceptors (Lipinski definition) is 2. The highest BCUT2D eigenvalue weighted by molar-refractivity contribution is 5.48. The number of aliphatic hydroxyl groups is 1. The second-order valence-electron chi connectivity index (χ2n) is 4.80. The highest BCUT2D eigenvalue weighted by Gasteiger charge is 2.13. The first-order valence-electron chi connectivity index (χ1n) is 6.76. The molecule has 0 heterocycles. The van der Waals surface area contributed by atoms with Crippen LogP contribution >= 0.6 is 0 Å². The lowest BCUT2D eigenvalue weighted by atomic mass is 9.98. The van der Waals surface area contributed by atoms with Crippen LogP contribution in [0.3, 0.4) is 0 Å². The van der Waals surface area contributed by atoms with Crippen LogP contribution in [0.15, 0.2) is 48.5 Å². The van der Waals surface area contributed by atoms with Crippen molar-refractivity contribution in [2.45, 2.75) is 26.3 Å². The van der Waals surface area contributed by atoms with E-state index in [0.29, 0.717) is 0 Å². The van der Waals surface area contributed by atoms with Crippen LogP contribution in [0.4, 0.5) is 5.69 Å². The minimum atomic E-state index is -0.0575. The van der Waals surface area contributed by atoms with Crippen molar-refractivity contribution < 1.29 is 5.11 Å². The predicted octanol–water partition coefficient (Wildman–Crippen LogP) is 3.70. The van der Waals surface area contributed by atoms with E-state index in [9.17, 15) is 5.11 Å². The molecule has 0 bridgehead atoms. The molecule has 2 N–H and O–H groups in total. The maximum Gasteiger partial charge on any atom is 0.0747 e. The van der Waals surface area contributed by atoms with Gasteiger partial charge in [0.2, 0.25) is 0 Å². The van der Waals surface area contributed by atoms with E-state index in [1.165, 1.54) is 16.7 Å². The highest BCUT2D eigenvalue weighted by Crippen LogP contribution is 2.23. The van der Waals surface area contributed by atoms with Gasteiger partial charge in [-0.25, -0.2) is 0 Å². The maximum absolute atomic E-state index is 9.67. The van der Waals surface area contributed by atoms with E-state index < -0.39 is 0 Å². The van der Waals surface area contributed by atoms with Crippen molar-refractivity contribution in [3.63, 3.8) is 0 Å². The topological polar surface area (TPSA) is 32.3 Å². The van der Waals surface area contributed by atoms with Crippen LogP contribution < -0.4 is 5.32 Å². The molecular formula is C17H21NO. The summed E-state index contributed by atoms with van der Waals surface area (Å²) in [4.78, 5) is 0. The lowest BCUT2D eigenvalue weighted by Gasteiger charge is -2.21. The molecule has 2 aromatic carbocycles. The number of aliphatic hydroxyl groups excluding tert-OH is 1. The zero-order chi connectivity index (χ0) is 13.7. The van der Waals surface area contributed by atoms with Crippen molar-refractivity contribution in [1.82, 2.24) is 0 Å². The number of anilines is 1. The lowest BCUT2D eigenvalue weighted by Crippen LogP contribution is -2.16. The third-order valence-electron chi connectivity index (χ3n) is 3.35. The summed E-state index contributed by atoms with van der Waals surface area (Å²) >= 11 is 0. The first-order valence-corrected chi connectivity index (χ1v) is 6.76. The van der Waals surface area contributed by atoms with Crippen LogP contribution in [-0.4, -0.2) is 11.7 Å². The summed E-state index contributed by atoms with van der Waals surface area (Å²) in [5.74, 6) is 0. The van der Waals surface area contributed by atoms with Gasteiger partial charge < -0.3 is 10.4 Å². The van der Waals surface area contributed by atoms with Gasteiger partial charge in [0.25, 0.3) is 0 Å². The van der Waals surface area contributed by atoms with Crippen molar-refractivity contribution in [3.8, 4) is 0 Å². The quantitative estimate of drug-likeness (QED) is 0.853. The molecule has 0 saturated carbocycles. The summed E-state index contributed by atoms with van der Waals surface area (Å²) in [6, 6.07) is 16.4. The van der Waals surface area contributed by atoms with Gasteiger partial charge in [-0.1, -0.05) is 43.3 Å². The Kier molecular flexibility index (Phi) is 4.58. The molecule has 2 nitrogen and oxygen atoms in total. The Morgan fingerprint density at radius 2 is 1.89 bits per heavy atom. The van der Waals surface area contributed by atoms with E-state index in [4.69, 9.17) is 0 Å². The van der Waals surface area contributed by atoms with Gasteiger partial charge in [0.15, 0.2) is 0 Å². The zero-order valence-electron chi connectivity index (χ0n) is 11.6. The molecule has 0 aliphatic rings. The molecule has 0 aliphatic heterocycles. The fourth-order valence-electron chi connectivity index (χ4n) is 2.35. The zero-order valence-corrected chi connectivity index (χ0v) is 11.6. The Labute approximate surface area is 115 Å². The van der Waals surface area contributed by atoms with E-state index in [2.05, 4.69) is 43.4 Å². The highest BCUT2D eigenvalue weighted by atomic mass is 16.3. The fraction of sp³-hybridized carbons (Fsp3) is 0.294. The van der Waals surface area contributed by atoms with Crippen LogP contribution in [0.5, 0.6) is 0 Å². The average Bonchev–Trinajstić information content (AvgIpc) is 2.45.